The zero-order chi connectivity index (χ0) is 13.7. The molecule has 0 aromatic carbocycles. The number of aryl methyl sites for hydroxylation is 1. The second-order valence-electron chi connectivity index (χ2n) is 5.43. The van der Waals surface area contributed by atoms with Gasteiger partial charge in [-0.2, -0.15) is 0 Å². The van der Waals surface area contributed by atoms with E-state index in [-0.39, 0.29) is 0 Å². The van der Waals surface area contributed by atoms with E-state index in [4.69, 9.17) is 0 Å². The first-order valence-corrected chi connectivity index (χ1v) is 8.27. The van der Waals surface area contributed by atoms with Gasteiger partial charge >= 0.3 is 5.97 Å². The monoisotopic (exact) mass is 281 g/mol. The predicted octanol–water partition coefficient (Wildman–Crippen LogP) is 4.62. The summed E-state index contributed by atoms with van der Waals surface area (Å²) in [6.45, 7) is 2.07. The van der Waals surface area contributed by atoms with Gasteiger partial charge in [-0.25, -0.2) is 9.78 Å². The third-order valence-corrected chi connectivity index (χ3v) is 5.10. The molecule has 19 heavy (non-hydrogen) atoms. The van der Waals surface area contributed by atoms with Crippen molar-refractivity contribution in [2.45, 2.75) is 70.6 Å². The zero-order valence-electron chi connectivity index (χ0n) is 11.7. The number of aromatic carboxylic acids is 1. The van der Waals surface area contributed by atoms with Crippen LogP contribution in [-0.4, -0.2) is 16.1 Å². The topological polar surface area (TPSA) is 50.2 Å². The fraction of sp³-hybridized carbons (Fsp3) is 0.733. The molecule has 1 aromatic heterocycles. The van der Waals surface area contributed by atoms with Crippen LogP contribution < -0.4 is 0 Å². The minimum absolute atomic E-state index is 0.471. The molecule has 0 spiro atoms. The van der Waals surface area contributed by atoms with Gasteiger partial charge in [0.25, 0.3) is 0 Å². The average molecular weight is 281 g/mol. The molecule has 0 saturated heterocycles. The Morgan fingerprint density at radius 3 is 2.47 bits per heavy atom. The van der Waals surface area contributed by atoms with Crippen molar-refractivity contribution in [1.29, 1.82) is 0 Å². The van der Waals surface area contributed by atoms with Crippen molar-refractivity contribution in [2.24, 2.45) is 0 Å². The molecule has 1 aliphatic rings. The van der Waals surface area contributed by atoms with Crippen LogP contribution in [0.5, 0.6) is 0 Å². The number of nitrogens with zero attached hydrogens (tertiary/aromatic N) is 1. The number of carbonyl (C=O) groups is 1. The molecule has 1 fully saturated rings. The molecule has 4 heteroatoms. The number of hydrogen-bond acceptors (Lipinski definition) is 3. The molecule has 0 unspecified atom stereocenters. The van der Waals surface area contributed by atoms with Crippen molar-refractivity contribution in [3.63, 3.8) is 0 Å². The Kier molecular flexibility index (Phi) is 5.37. The Balaban J connectivity index is 2.17. The van der Waals surface area contributed by atoms with Crippen molar-refractivity contribution in [3.8, 4) is 0 Å². The van der Waals surface area contributed by atoms with E-state index in [0.717, 1.165) is 23.5 Å². The highest BCUT2D eigenvalue weighted by molar-refractivity contribution is 7.13. The van der Waals surface area contributed by atoms with Crippen LogP contribution in [0.4, 0.5) is 0 Å². The maximum atomic E-state index is 11.3. The van der Waals surface area contributed by atoms with Gasteiger partial charge in [0.15, 0.2) is 0 Å². The van der Waals surface area contributed by atoms with Gasteiger partial charge < -0.3 is 5.11 Å². The molecule has 1 heterocycles. The maximum Gasteiger partial charge on any atom is 0.347 e. The summed E-state index contributed by atoms with van der Waals surface area (Å²) in [6, 6.07) is 0. The van der Waals surface area contributed by atoms with Crippen LogP contribution in [0.2, 0.25) is 0 Å². The van der Waals surface area contributed by atoms with Gasteiger partial charge in [0.1, 0.15) is 4.88 Å². The molecule has 1 aromatic rings. The Labute approximate surface area is 119 Å². The lowest BCUT2D eigenvalue weighted by atomic mass is 9.92. The number of rotatable bonds is 4. The van der Waals surface area contributed by atoms with E-state index < -0.39 is 5.97 Å². The summed E-state index contributed by atoms with van der Waals surface area (Å²) < 4.78 is 0. The number of thiazole rings is 1. The Morgan fingerprint density at radius 1 is 1.26 bits per heavy atom. The van der Waals surface area contributed by atoms with Crippen LogP contribution >= 0.6 is 11.3 Å². The summed E-state index contributed by atoms with van der Waals surface area (Å²) in [5.74, 6) is -0.313. The Morgan fingerprint density at radius 2 is 1.89 bits per heavy atom. The minimum Gasteiger partial charge on any atom is -0.477 e. The van der Waals surface area contributed by atoms with Gasteiger partial charge in [-0.15, -0.1) is 11.3 Å². The fourth-order valence-corrected chi connectivity index (χ4v) is 3.94. The molecule has 3 nitrogen and oxygen atoms in total. The third kappa shape index (κ3) is 3.78. The quantitative estimate of drug-likeness (QED) is 0.876. The fourth-order valence-electron chi connectivity index (χ4n) is 2.82. The zero-order valence-corrected chi connectivity index (χ0v) is 12.5. The van der Waals surface area contributed by atoms with E-state index >= 15 is 0 Å². The first kappa shape index (κ1) is 14.5. The highest BCUT2D eigenvalue weighted by atomic mass is 32.1. The van der Waals surface area contributed by atoms with Crippen molar-refractivity contribution in [1.82, 2.24) is 4.98 Å². The maximum absolute atomic E-state index is 11.3. The smallest absolute Gasteiger partial charge is 0.347 e. The second-order valence-corrected chi connectivity index (χ2v) is 6.46. The minimum atomic E-state index is -0.807. The first-order chi connectivity index (χ1) is 9.22. The van der Waals surface area contributed by atoms with Crippen LogP contribution in [0.3, 0.4) is 0 Å². The summed E-state index contributed by atoms with van der Waals surface area (Å²) in [4.78, 5) is 16.4. The van der Waals surface area contributed by atoms with Gasteiger partial charge in [-0.05, 0) is 19.3 Å². The van der Waals surface area contributed by atoms with Crippen molar-refractivity contribution < 1.29 is 9.90 Å². The molecule has 1 saturated carbocycles. The van der Waals surface area contributed by atoms with E-state index in [2.05, 4.69) is 11.9 Å². The predicted molar refractivity (Wildman–Crippen MR) is 78.1 cm³/mol. The molecule has 0 aliphatic heterocycles. The average Bonchev–Trinajstić information content (AvgIpc) is 2.73. The number of hydrogen-bond donors (Lipinski definition) is 1. The van der Waals surface area contributed by atoms with Gasteiger partial charge in [0, 0.05) is 5.92 Å². The molecule has 0 radical (unpaired) electrons. The molecular weight excluding hydrogens is 258 g/mol. The van der Waals surface area contributed by atoms with Crippen molar-refractivity contribution >= 4 is 17.3 Å². The largest absolute Gasteiger partial charge is 0.477 e. The van der Waals surface area contributed by atoms with Gasteiger partial charge in [0.2, 0.25) is 0 Å². The number of carboxylic acid groups (broad SMARTS) is 1. The summed E-state index contributed by atoms with van der Waals surface area (Å²) in [5.41, 5.74) is 0.803. The molecule has 0 amide bonds. The lowest BCUT2D eigenvalue weighted by molar-refractivity contribution is 0.0700. The first-order valence-electron chi connectivity index (χ1n) is 7.45. The van der Waals surface area contributed by atoms with Gasteiger partial charge in [0.05, 0.1) is 10.7 Å². The van der Waals surface area contributed by atoms with Crippen LogP contribution in [0, 0.1) is 0 Å². The lowest BCUT2D eigenvalue weighted by Gasteiger charge is -2.17. The summed E-state index contributed by atoms with van der Waals surface area (Å²) >= 11 is 1.42. The Bertz CT molecular complexity index is 420. The molecule has 0 atom stereocenters. The molecule has 106 valence electrons. The van der Waals surface area contributed by atoms with E-state index in [0.29, 0.717) is 10.8 Å². The number of carboxylic acids is 1. The van der Waals surface area contributed by atoms with Crippen molar-refractivity contribution in [3.05, 3.63) is 15.6 Å². The van der Waals surface area contributed by atoms with Gasteiger partial charge in [-0.1, -0.05) is 45.4 Å². The lowest BCUT2D eigenvalue weighted by Crippen LogP contribution is -2.02. The van der Waals surface area contributed by atoms with Crippen LogP contribution in [0.15, 0.2) is 0 Å². The van der Waals surface area contributed by atoms with Gasteiger partial charge in [-0.3, -0.25) is 0 Å². The normalized spacial score (nSPS) is 17.9. The third-order valence-electron chi connectivity index (χ3n) is 3.85. The molecular formula is C15H23NO2S. The van der Waals surface area contributed by atoms with E-state index in [1.165, 1.54) is 56.3 Å². The second kappa shape index (κ2) is 7.04. The van der Waals surface area contributed by atoms with Crippen LogP contribution in [0.25, 0.3) is 0 Å². The Hall–Kier alpha value is -0.900. The van der Waals surface area contributed by atoms with E-state index in [9.17, 15) is 9.90 Å². The summed E-state index contributed by atoms with van der Waals surface area (Å²) in [7, 11) is 0. The molecule has 1 N–H and O–H groups in total. The van der Waals surface area contributed by atoms with E-state index in [1.54, 1.807) is 0 Å². The summed E-state index contributed by atoms with van der Waals surface area (Å²) in [6.07, 6.45) is 10.6. The highest BCUT2D eigenvalue weighted by Gasteiger charge is 2.22. The molecule has 0 bridgehead atoms. The molecule has 2 rings (SSSR count). The van der Waals surface area contributed by atoms with E-state index in [1.807, 2.05) is 0 Å². The number of aromatic nitrogens is 1. The van der Waals surface area contributed by atoms with Crippen LogP contribution in [0.1, 0.15) is 84.6 Å². The summed E-state index contributed by atoms with van der Waals surface area (Å²) in [5, 5.41) is 10.3. The SMILES string of the molecule is CCCc1nc(C2CCCCCCC2)sc1C(=O)O. The molecule has 1 aliphatic carbocycles. The van der Waals surface area contributed by atoms with Crippen LogP contribution in [-0.2, 0) is 6.42 Å². The highest BCUT2D eigenvalue weighted by Crippen LogP contribution is 2.34. The van der Waals surface area contributed by atoms with Crippen molar-refractivity contribution in [2.75, 3.05) is 0 Å². The standard InChI is InChI=1S/C15H23NO2S/c1-2-8-12-13(15(17)18)19-14(16-12)11-9-6-4-3-5-7-10-11/h11H,2-10H2,1H3,(H,17,18).